The molecule has 0 saturated heterocycles. The highest BCUT2D eigenvalue weighted by atomic mass is 79.9. The Kier molecular flexibility index (Phi) is 6.80. The van der Waals surface area contributed by atoms with Crippen molar-refractivity contribution in [3.63, 3.8) is 0 Å². The molecule has 0 aliphatic carbocycles. The molecular weight excluding hydrogens is 524 g/mol. The zero-order chi connectivity index (χ0) is 24.2. The molecule has 0 radical (unpaired) electrons. The van der Waals surface area contributed by atoms with Crippen molar-refractivity contribution in [1.29, 1.82) is 0 Å². The summed E-state index contributed by atoms with van der Waals surface area (Å²) in [6.07, 6.45) is 1.84. The smallest absolute Gasteiger partial charge is 0.281 e. The number of halogens is 2. The Morgan fingerprint density at radius 3 is 2.31 bits per heavy atom. The predicted molar refractivity (Wildman–Crippen MR) is 145 cm³/mol. The number of nitrogens with zero attached hydrogens (tertiary/aromatic N) is 2. The van der Waals surface area contributed by atoms with E-state index >= 15 is 0 Å². The van der Waals surface area contributed by atoms with Crippen molar-refractivity contribution in [1.82, 2.24) is 0 Å². The molecule has 1 aliphatic rings. The van der Waals surface area contributed by atoms with Crippen molar-refractivity contribution < 1.29 is 9.53 Å². The lowest BCUT2D eigenvalue weighted by molar-refractivity contribution is -0.114. The molecule has 0 unspecified atom stereocenters. The number of amides is 1. The number of para-hydroxylation sites is 1. The van der Waals surface area contributed by atoms with Crippen LogP contribution in [-0.2, 0) is 11.4 Å². The lowest BCUT2D eigenvalue weighted by Gasteiger charge is -2.13. The minimum atomic E-state index is -0.202. The Morgan fingerprint density at radius 1 is 0.886 bits per heavy atom. The van der Waals surface area contributed by atoms with E-state index in [1.807, 2.05) is 109 Å². The van der Waals surface area contributed by atoms with E-state index in [9.17, 15) is 4.79 Å². The molecule has 4 nitrogen and oxygen atoms in total. The van der Waals surface area contributed by atoms with Gasteiger partial charge in [0.1, 0.15) is 18.1 Å². The van der Waals surface area contributed by atoms with Gasteiger partial charge in [0.15, 0.2) is 0 Å². The Hall–Kier alpha value is -3.67. The van der Waals surface area contributed by atoms with Crippen LogP contribution in [0.25, 0.3) is 6.08 Å². The molecule has 6 heteroatoms. The molecule has 0 bridgehead atoms. The summed E-state index contributed by atoms with van der Waals surface area (Å²) in [4.78, 5) is 13.6. The number of benzene rings is 4. The third kappa shape index (κ3) is 5.06. The van der Waals surface area contributed by atoms with E-state index in [1.165, 1.54) is 5.01 Å². The van der Waals surface area contributed by atoms with Crippen molar-refractivity contribution >= 4 is 50.9 Å². The minimum absolute atomic E-state index is 0.202. The lowest BCUT2D eigenvalue weighted by atomic mass is 10.00. The highest BCUT2D eigenvalue weighted by molar-refractivity contribution is 9.10. The molecule has 172 valence electrons. The maximum Gasteiger partial charge on any atom is 0.281 e. The van der Waals surface area contributed by atoms with Crippen LogP contribution < -0.4 is 9.75 Å². The van der Waals surface area contributed by atoms with Gasteiger partial charge in [-0.1, -0.05) is 94.3 Å². The van der Waals surface area contributed by atoms with E-state index < -0.39 is 0 Å². The molecule has 4 aromatic rings. The number of hydrogen-bond acceptors (Lipinski definition) is 3. The zero-order valence-electron chi connectivity index (χ0n) is 18.6. The van der Waals surface area contributed by atoms with Gasteiger partial charge in [0.05, 0.1) is 11.3 Å². The molecule has 1 aliphatic heterocycles. The SMILES string of the molecule is O=C1/C(=C\c2cc(Br)ccc2OCc2ccccc2Cl)C(c2ccccc2)=NN1c1ccccc1. The number of rotatable bonds is 6. The number of hydrogen-bond donors (Lipinski definition) is 0. The summed E-state index contributed by atoms with van der Waals surface area (Å²) < 4.78 is 7.02. The Labute approximate surface area is 217 Å². The molecule has 0 saturated carbocycles. The summed E-state index contributed by atoms with van der Waals surface area (Å²) in [6, 6.07) is 32.4. The second-order valence-corrected chi connectivity index (χ2v) is 9.21. The summed E-state index contributed by atoms with van der Waals surface area (Å²) in [5.74, 6) is 0.436. The topological polar surface area (TPSA) is 41.9 Å². The van der Waals surface area contributed by atoms with Crippen molar-refractivity contribution in [3.05, 3.63) is 135 Å². The lowest BCUT2D eigenvalue weighted by Crippen LogP contribution is -2.21. The van der Waals surface area contributed by atoms with Crippen LogP contribution in [0.15, 0.2) is 118 Å². The average molecular weight is 544 g/mol. The highest BCUT2D eigenvalue weighted by Gasteiger charge is 2.32. The van der Waals surface area contributed by atoms with Crippen molar-refractivity contribution in [3.8, 4) is 5.75 Å². The number of hydrazone groups is 1. The summed E-state index contributed by atoms with van der Waals surface area (Å²) in [6.45, 7) is 0.307. The first kappa shape index (κ1) is 23.1. The fraction of sp³-hybridized carbons (Fsp3) is 0.0345. The van der Waals surface area contributed by atoms with Crippen LogP contribution >= 0.6 is 27.5 Å². The average Bonchev–Trinajstić information content (AvgIpc) is 3.21. The maximum atomic E-state index is 13.6. The molecule has 35 heavy (non-hydrogen) atoms. The molecule has 0 aromatic heterocycles. The van der Waals surface area contributed by atoms with Gasteiger partial charge in [-0.2, -0.15) is 10.1 Å². The summed E-state index contributed by atoms with van der Waals surface area (Å²) in [5, 5.41) is 6.79. The van der Waals surface area contributed by atoms with Gasteiger partial charge in [-0.25, -0.2) is 0 Å². The van der Waals surface area contributed by atoms with E-state index in [2.05, 4.69) is 15.9 Å². The van der Waals surface area contributed by atoms with E-state index in [-0.39, 0.29) is 5.91 Å². The third-order valence-electron chi connectivity index (χ3n) is 5.54. The van der Waals surface area contributed by atoms with Crippen molar-refractivity contribution in [2.45, 2.75) is 6.61 Å². The van der Waals surface area contributed by atoms with E-state index in [0.717, 1.165) is 21.2 Å². The molecule has 1 amide bonds. The number of carbonyl (C=O) groups is 1. The van der Waals surface area contributed by atoms with Crippen LogP contribution in [-0.4, -0.2) is 11.6 Å². The van der Waals surface area contributed by atoms with Crippen LogP contribution in [0, 0.1) is 0 Å². The van der Waals surface area contributed by atoms with Crippen LogP contribution in [0.5, 0.6) is 5.75 Å². The van der Waals surface area contributed by atoms with Crippen LogP contribution in [0.3, 0.4) is 0 Å². The Morgan fingerprint density at radius 2 is 1.57 bits per heavy atom. The van der Waals surface area contributed by atoms with Crippen molar-refractivity contribution in [2.75, 3.05) is 5.01 Å². The van der Waals surface area contributed by atoms with Gasteiger partial charge in [-0.3, -0.25) is 4.79 Å². The van der Waals surface area contributed by atoms with Gasteiger partial charge in [0, 0.05) is 26.2 Å². The normalized spacial score (nSPS) is 14.3. The number of carbonyl (C=O) groups excluding carboxylic acids is 1. The van der Waals surface area contributed by atoms with Crippen LogP contribution in [0.1, 0.15) is 16.7 Å². The summed E-state index contributed by atoms with van der Waals surface area (Å²) >= 11 is 9.85. The Balaban J connectivity index is 1.55. The monoisotopic (exact) mass is 542 g/mol. The molecule has 0 spiro atoms. The largest absolute Gasteiger partial charge is 0.488 e. The second kappa shape index (κ2) is 10.3. The fourth-order valence-electron chi connectivity index (χ4n) is 3.79. The quantitative estimate of drug-likeness (QED) is 0.236. The first-order chi connectivity index (χ1) is 17.1. The van der Waals surface area contributed by atoms with E-state index in [4.69, 9.17) is 21.4 Å². The Bertz CT molecular complexity index is 1440. The molecule has 5 rings (SSSR count). The number of ether oxygens (including phenoxy) is 1. The zero-order valence-corrected chi connectivity index (χ0v) is 20.9. The van der Waals surface area contributed by atoms with Crippen LogP contribution in [0.4, 0.5) is 5.69 Å². The molecule has 0 fully saturated rings. The maximum absolute atomic E-state index is 13.6. The standard InChI is InChI=1S/C29H20BrClN2O2/c30-23-15-16-27(35-19-21-11-7-8-14-26(21)31)22(17-23)18-25-28(20-9-3-1-4-10-20)32-33(29(25)34)24-12-5-2-6-13-24/h1-18H,19H2/b25-18-. The highest BCUT2D eigenvalue weighted by Crippen LogP contribution is 2.32. The van der Waals surface area contributed by atoms with Gasteiger partial charge in [0.2, 0.25) is 0 Å². The second-order valence-electron chi connectivity index (χ2n) is 7.89. The summed E-state index contributed by atoms with van der Waals surface area (Å²) in [7, 11) is 0. The first-order valence-electron chi connectivity index (χ1n) is 11.0. The molecule has 1 heterocycles. The third-order valence-corrected chi connectivity index (χ3v) is 6.40. The minimum Gasteiger partial charge on any atom is -0.488 e. The van der Waals surface area contributed by atoms with Gasteiger partial charge >= 0.3 is 0 Å². The van der Waals surface area contributed by atoms with Crippen LogP contribution in [0.2, 0.25) is 5.02 Å². The van der Waals surface area contributed by atoms with E-state index in [0.29, 0.717) is 34.4 Å². The summed E-state index contributed by atoms with van der Waals surface area (Å²) in [5.41, 5.74) is 4.30. The molecular formula is C29H20BrClN2O2. The van der Waals surface area contributed by atoms with Crippen molar-refractivity contribution in [2.24, 2.45) is 5.10 Å². The molecule has 0 atom stereocenters. The fourth-order valence-corrected chi connectivity index (χ4v) is 4.36. The predicted octanol–water partition coefficient (Wildman–Crippen LogP) is 7.52. The molecule has 0 N–H and O–H groups in total. The van der Waals surface area contributed by atoms with Gasteiger partial charge < -0.3 is 4.74 Å². The number of anilines is 1. The van der Waals surface area contributed by atoms with E-state index in [1.54, 1.807) is 0 Å². The molecule has 4 aromatic carbocycles. The van der Waals surface area contributed by atoms with Gasteiger partial charge in [0.25, 0.3) is 5.91 Å². The van der Waals surface area contributed by atoms with Gasteiger partial charge in [-0.05, 0) is 42.5 Å². The van der Waals surface area contributed by atoms with Gasteiger partial charge in [-0.15, -0.1) is 0 Å². The first-order valence-corrected chi connectivity index (χ1v) is 12.2.